The van der Waals surface area contributed by atoms with Crippen LogP contribution in [-0.2, 0) is 10.2 Å². The van der Waals surface area contributed by atoms with E-state index < -0.39 is 0 Å². The first-order chi connectivity index (χ1) is 12.4. The lowest BCUT2D eigenvalue weighted by Crippen LogP contribution is -2.25. The van der Waals surface area contributed by atoms with E-state index in [1.54, 1.807) is 0 Å². The highest BCUT2D eigenvalue weighted by molar-refractivity contribution is 6.02. The number of hydrogen-bond acceptors (Lipinski definition) is 3. The van der Waals surface area contributed by atoms with Gasteiger partial charge < -0.3 is 4.74 Å². The van der Waals surface area contributed by atoms with Gasteiger partial charge in [-0.3, -0.25) is 4.79 Å². The number of hydrogen-bond donors (Lipinski definition) is 1. The SMILES string of the molecule is CCCCCC1=CCC/C1=N\NC(=O)COc1ccc(C(C)(C)C)cc1. The summed E-state index contributed by atoms with van der Waals surface area (Å²) in [4.78, 5) is 12.0. The largest absolute Gasteiger partial charge is 0.484 e. The molecule has 0 aromatic heterocycles. The molecule has 0 radical (unpaired) electrons. The van der Waals surface area contributed by atoms with Gasteiger partial charge in [0.25, 0.3) is 5.91 Å². The second kappa shape index (κ2) is 9.56. The van der Waals surface area contributed by atoms with Crippen molar-refractivity contribution in [2.24, 2.45) is 5.10 Å². The summed E-state index contributed by atoms with van der Waals surface area (Å²) >= 11 is 0. The zero-order valence-corrected chi connectivity index (χ0v) is 16.6. The summed E-state index contributed by atoms with van der Waals surface area (Å²) in [5.74, 6) is 0.471. The predicted molar refractivity (Wildman–Crippen MR) is 108 cm³/mol. The van der Waals surface area contributed by atoms with E-state index in [1.807, 2.05) is 24.3 Å². The third-order valence-corrected chi connectivity index (χ3v) is 4.60. The van der Waals surface area contributed by atoms with E-state index >= 15 is 0 Å². The van der Waals surface area contributed by atoms with E-state index in [1.165, 1.54) is 30.4 Å². The molecule has 142 valence electrons. The van der Waals surface area contributed by atoms with Gasteiger partial charge in [0, 0.05) is 0 Å². The topological polar surface area (TPSA) is 50.7 Å². The average molecular weight is 357 g/mol. The maximum Gasteiger partial charge on any atom is 0.277 e. The van der Waals surface area contributed by atoms with E-state index in [9.17, 15) is 4.79 Å². The number of unbranched alkanes of at least 4 members (excludes halogenated alkanes) is 2. The second-order valence-corrected chi connectivity index (χ2v) is 7.88. The Balaban J connectivity index is 1.79. The molecule has 1 aromatic rings. The summed E-state index contributed by atoms with van der Waals surface area (Å²) in [7, 11) is 0. The molecular formula is C22H32N2O2. The second-order valence-electron chi connectivity index (χ2n) is 7.88. The zero-order chi connectivity index (χ0) is 19.0. The van der Waals surface area contributed by atoms with Crippen LogP contribution in [0.5, 0.6) is 5.75 Å². The normalized spacial score (nSPS) is 15.8. The molecule has 0 spiro atoms. The van der Waals surface area contributed by atoms with Gasteiger partial charge in [-0.2, -0.15) is 5.10 Å². The summed E-state index contributed by atoms with van der Waals surface area (Å²) < 4.78 is 5.56. The van der Waals surface area contributed by atoms with E-state index in [2.05, 4.69) is 44.3 Å². The number of hydrazone groups is 1. The maximum absolute atomic E-state index is 12.0. The number of rotatable bonds is 8. The fourth-order valence-corrected chi connectivity index (χ4v) is 2.96. The van der Waals surface area contributed by atoms with Crippen molar-refractivity contribution in [1.29, 1.82) is 0 Å². The van der Waals surface area contributed by atoms with Crippen molar-refractivity contribution in [1.82, 2.24) is 5.43 Å². The minimum atomic E-state index is -0.225. The number of allylic oxidation sites excluding steroid dienone is 2. The Kier molecular flexibility index (Phi) is 7.43. The average Bonchev–Trinajstić information content (AvgIpc) is 3.05. The minimum Gasteiger partial charge on any atom is -0.484 e. The summed E-state index contributed by atoms with van der Waals surface area (Å²) in [5.41, 5.74) is 6.29. The van der Waals surface area contributed by atoms with Crippen molar-refractivity contribution in [3.05, 3.63) is 41.5 Å². The molecule has 4 heteroatoms. The lowest BCUT2D eigenvalue weighted by Gasteiger charge is -2.19. The Labute approximate surface area is 157 Å². The van der Waals surface area contributed by atoms with Gasteiger partial charge in [-0.25, -0.2) is 5.43 Å². The van der Waals surface area contributed by atoms with Gasteiger partial charge >= 0.3 is 0 Å². The highest BCUT2D eigenvalue weighted by Gasteiger charge is 2.14. The monoisotopic (exact) mass is 356 g/mol. The molecule has 4 nitrogen and oxygen atoms in total. The molecule has 1 aliphatic rings. The molecule has 1 amide bonds. The standard InChI is InChI=1S/C22H32N2O2/c1-5-6-7-9-17-10-8-11-20(17)23-24-21(25)16-26-19-14-12-18(13-15-19)22(2,3)4/h10,12-15H,5-9,11,16H2,1-4H3,(H,24,25)/b23-20+. The van der Waals surface area contributed by atoms with Crippen LogP contribution in [0.25, 0.3) is 0 Å². The van der Waals surface area contributed by atoms with Gasteiger partial charge in [0.15, 0.2) is 6.61 Å². The predicted octanol–water partition coefficient (Wildman–Crippen LogP) is 5.14. The first-order valence-corrected chi connectivity index (χ1v) is 9.68. The summed E-state index contributed by atoms with van der Waals surface area (Å²) in [6.45, 7) is 8.69. The Morgan fingerprint density at radius 1 is 1.19 bits per heavy atom. The quantitative estimate of drug-likeness (QED) is 0.518. The van der Waals surface area contributed by atoms with Crippen LogP contribution in [0.2, 0.25) is 0 Å². The van der Waals surface area contributed by atoms with Gasteiger partial charge in [0.05, 0.1) is 5.71 Å². The lowest BCUT2D eigenvalue weighted by molar-refractivity contribution is -0.123. The number of carbonyl (C=O) groups excluding carboxylic acids is 1. The van der Waals surface area contributed by atoms with Crippen LogP contribution in [0.4, 0.5) is 0 Å². The van der Waals surface area contributed by atoms with Crippen molar-refractivity contribution >= 4 is 11.6 Å². The van der Waals surface area contributed by atoms with E-state index in [0.29, 0.717) is 5.75 Å². The van der Waals surface area contributed by atoms with Crippen molar-refractivity contribution in [3.8, 4) is 5.75 Å². The van der Waals surface area contributed by atoms with Crippen LogP contribution >= 0.6 is 0 Å². The number of nitrogens with one attached hydrogen (secondary N) is 1. The third kappa shape index (κ3) is 6.32. The Hall–Kier alpha value is -2.10. The first kappa shape index (κ1) is 20.2. The number of benzene rings is 1. The number of nitrogens with zero attached hydrogens (tertiary/aromatic N) is 1. The molecule has 0 aliphatic heterocycles. The van der Waals surface area contributed by atoms with E-state index in [-0.39, 0.29) is 17.9 Å². The molecule has 0 atom stereocenters. The van der Waals surface area contributed by atoms with Gasteiger partial charge in [0.2, 0.25) is 0 Å². The molecule has 0 fully saturated rings. The van der Waals surface area contributed by atoms with Gasteiger partial charge in [0.1, 0.15) is 5.75 Å². The molecule has 0 bridgehead atoms. The summed E-state index contributed by atoms with van der Waals surface area (Å²) in [6.07, 6.45) is 8.86. The van der Waals surface area contributed by atoms with E-state index in [4.69, 9.17) is 4.74 Å². The minimum absolute atomic E-state index is 0.0273. The first-order valence-electron chi connectivity index (χ1n) is 9.68. The third-order valence-electron chi connectivity index (χ3n) is 4.60. The Morgan fingerprint density at radius 2 is 1.92 bits per heavy atom. The van der Waals surface area contributed by atoms with Crippen LogP contribution in [0.15, 0.2) is 41.0 Å². The van der Waals surface area contributed by atoms with Crippen molar-refractivity contribution in [2.75, 3.05) is 6.61 Å². The van der Waals surface area contributed by atoms with Crippen molar-refractivity contribution in [3.63, 3.8) is 0 Å². The van der Waals surface area contributed by atoms with E-state index in [0.717, 1.165) is 25.0 Å². The number of amides is 1. The van der Waals surface area contributed by atoms with Crippen molar-refractivity contribution in [2.45, 2.75) is 71.6 Å². The number of ether oxygens (including phenoxy) is 1. The van der Waals surface area contributed by atoms with Crippen LogP contribution in [0.1, 0.15) is 71.8 Å². The highest BCUT2D eigenvalue weighted by Crippen LogP contribution is 2.24. The molecule has 0 saturated carbocycles. The molecule has 0 saturated heterocycles. The fraction of sp³-hybridized carbons (Fsp3) is 0.545. The lowest BCUT2D eigenvalue weighted by atomic mass is 9.87. The molecule has 0 heterocycles. The molecule has 26 heavy (non-hydrogen) atoms. The molecule has 0 unspecified atom stereocenters. The molecule has 1 N–H and O–H groups in total. The van der Waals surface area contributed by atoms with Crippen LogP contribution in [0, 0.1) is 0 Å². The zero-order valence-electron chi connectivity index (χ0n) is 16.6. The highest BCUT2D eigenvalue weighted by atomic mass is 16.5. The summed E-state index contributed by atoms with van der Waals surface area (Å²) in [5, 5.41) is 4.31. The molecule has 1 aromatic carbocycles. The fourth-order valence-electron chi connectivity index (χ4n) is 2.96. The smallest absolute Gasteiger partial charge is 0.277 e. The maximum atomic E-state index is 12.0. The Bertz CT molecular complexity index is 652. The van der Waals surface area contributed by atoms with Crippen LogP contribution in [0.3, 0.4) is 0 Å². The van der Waals surface area contributed by atoms with Crippen molar-refractivity contribution < 1.29 is 9.53 Å². The molecular weight excluding hydrogens is 324 g/mol. The van der Waals surface area contributed by atoms with Gasteiger partial charge in [-0.15, -0.1) is 0 Å². The Morgan fingerprint density at radius 3 is 2.58 bits per heavy atom. The molecule has 2 rings (SSSR count). The summed E-state index contributed by atoms with van der Waals surface area (Å²) in [6, 6.07) is 7.90. The van der Waals surface area contributed by atoms with Crippen LogP contribution in [-0.4, -0.2) is 18.2 Å². The van der Waals surface area contributed by atoms with Gasteiger partial charge in [-0.1, -0.05) is 58.7 Å². The molecule has 1 aliphatic carbocycles. The number of carbonyl (C=O) groups is 1. The van der Waals surface area contributed by atoms with Crippen LogP contribution < -0.4 is 10.2 Å². The van der Waals surface area contributed by atoms with Gasteiger partial charge in [-0.05, 0) is 54.4 Å².